The fourth-order valence-electron chi connectivity index (χ4n) is 2.07. The minimum absolute atomic E-state index is 0.505. The summed E-state index contributed by atoms with van der Waals surface area (Å²) in [5, 5.41) is 11.1. The molecule has 22 heavy (non-hydrogen) atoms. The Morgan fingerprint density at radius 2 is 2.09 bits per heavy atom. The lowest BCUT2D eigenvalue weighted by Gasteiger charge is -2.08. The number of aryl methyl sites for hydroxylation is 1. The van der Waals surface area contributed by atoms with Gasteiger partial charge in [0.1, 0.15) is 24.5 Å². The summed E-state index contributed by atoms with van der Waals surface area (Å²) in [6, 6.07) is 7.62. The lowest BCUT2D eigenvalue weighted by atomic mass is 10.2. The molecule has 0 amide bonds. The number of methoxy groups -OCH3 is 1. The molecular formula is C15H17N5O2. The van der Waals surface area contributed by atoms with Crippen LogP contribution in [-0.2, 0) is 4.74 Å². The first-order valence-electron chi connectivity index (χ1n) is 6.92. The summed E-state index contributed by atoms with van der Waals surface area (Å²) in [7, 11) is 1.64. The van der Waals surface area contributed by atoms with Crippen molar-refractivity contribution in [2.24, 2.45) is 0 Å². The number of anilines is 2. The highest BCUT2D eigenvalue weighted by molar-refractivity contribution is 5.91. The van der Waals surface area contributed by atoms with Crippen LogP contribution in [0, 0.1) is 6.92 Å². The minimum atomic E-state index is 0.505. The van der Waals surface area contributed by atoms with Crippen molar-refractivity contribution in [3.8, 4) is 5.75 Å². The molecule has 0 atom stereocenters. The van der Waals surface area contributed by atoms with E-state index in [1.54, 1.807) is 7.11 Å². The second-order valence-corrected chi connectivity index (χ2v) is 4.80. The van der Waals surface area contributed by atoms with Crippen LogP contribution in [0.15, 0.2) is 30.6 Å². The molecule has 114 valence electrons. The summed E-state index contributed by atoms with van der Waals surface area (Å²) in [5.74, 6) is 2.18. The summed E-state index contributed by atoms with van der Waals surface area (Å²) < 4.78 is 10.6. The van der Waals surface area contributed by atoms with Crippen molar-refractivity contribution in [3.05, 3.63) is 36.3 Å². The second kappa shape index (κ2) is 6.40. The highest BCUT2D eigenvalue weighted by Gasteiger charge is 2.07. The number of aromatic amines is 1. The minimum Gasteiger partial charge on any atom is -0.491 e. The van der Waals surface area contributed by atoms with E-state index < -0.39 is 0 Å². The van der Waals surface area contributed by atoms with Crippen LogP contribution < -0.4 is 10.1 Å². The standard InChI is InChI=1S/C15H17N5O2/c1-10-7-14(20-19-10)18-15-12-4-3-11(22-6-5-21-2)8-13(12)16-9-17-15/h3-4,7-9H,5-6H2,1-2H3,(H2,16,17,18,19,20). The Labute approximate surface area is 127 Å². The Balaban J connectivity index is 1.85. The van der Waals surface area contributed by atoms with Crippen LogP contribution in [0.25, 0.3) is 10.9 Å². The summed E-state index contributed by atoms with van der Waals surface area (Å²) in [4.78, 5) is 8.57. The summed E-state index contributed by atoms with van der Waals surface area (Å²) >= 11 is 0. The van der Waals surface area contributed by atoms with Gasteiger partial charge in [-0.15, -0.1) is 0 Å². The van der Waals surface area contributed by atoms with Gasteiger partial charge in [0.2, 0.25) is 0 Å². The predicted molar refractivity (Wildman–Crippen MR) is 83.5 cm³/mol. The zero-order chi connectivity index (χ0) is 15.4. The zero-order valence-electron chi connectivity index (χ0n) is 12.5. The van der Waals surface area contributed by atoms with E-state index >= 15 is 0 Å². The molecule has 0 fully saturated rings. The molecule has 0 saturated carbocycles. The van der Waals surface area contributed by atoms with Crippen molar-refractivity contribution in [3.63, 3.8) is 0 Å². The maximum Gasteiger partial charge on any atom is 0.153 e. The Morgan fingerprint density at radius 3 is 2.86 bits per heavy atom. The van der Waals surface area contributed by atoms with Crippen LogP contribution in [0.5, 0.6) is 5.75 Å². The number of nitrogens with one attached hydrogen (secondary N) is 2. The number of benzene rings is 1. The molecule has 0 bridgehead atoms. The van der Waals surface area contributed by atoms with Gasteiger partial charge in [0, 0.05) is 30.3 Å². The molecule has 2 aromatic heterocycles. The number of fused-ring (bicyclic) bond motifs is 1. The zero-order valence-corrected chi connectivity index (χ0v) is 12.5. The van der Waals surface area contributed by atoms with Gasteiger partial charge in [0.15, 0.2) is 5.82 Å². The smallest absolute Gasteiger partial charge is 0.153 e. The number of rotatable bonds is 6. The Morgan fingerprint density at radius 1 is 1.18 bits per heavy atom. The van der Waals surface area contributed by atoms with Crippen LogP contribution >= 0.6 is 0 Å². The van der Waals surface area contributed by atoms with Crippen molar-refractivity contribution in [2.45, 2.75) is 6.92 Å². The van der Waals surface area contributed by atoms with Crippen LogP contribution in [0.4, 0.5) is 11.6 Å². The maximum absolute atomic E-state index is 5.59. The van der Waals surface area contributed by atoms with E-state index in [1.165, 1.54) is 6.33 Å². The van der Waals surface area contributed by atoms with E-state index in [-0.39, 0.29) is 0 Å². The Kier molecular flexibility index (Phi) is 4.15. The van der Waals surface area contributed by atoms with E-state index in [4.69, 9.17) is 9.47 Å². The van der Waals surface area contributed by atoms with Gasteiger partial charge in [-0.2, -0.15) is 5.10 Å². The summed E-state index contributed by atoms with van der Waals surface area (Å²) in [6.45, 7) is 3.00. The first-order valence-corrected chi connectivity index (χ1v) is 6.92. The fourth-order valence-corrected chi connectivity index (χ4v) is 2.07. The maximum atomic E-state index is 5.59. The number of aromatic nitrogens is 4. The van der Waals surface area contributed by atoms with E-state index in [1.807, 2.05) is 31.2 Å². The van der Waals surface area contributed by atoms with Gasteiger partial charge in [0.05, 0.1) is 12.1 Å². The van der Waals surface area contributed by atoms with Crippen LogP contribution in [0.1, 0.15) is 5.69 Å². The lowest BCUT2D eigenvalue weighted by Crippen LogP contribution is -2.04. The summed E-state index contributed by atoms with van der Waals surface area (Å²) in [6.07, 6.45) is 1.52. The van der Waals surface area contributed by atoms with Crippen LogP contribution in [0.2, 0.25) is 0 Å². The number of hydrogen-bond acceptors (Lipinski definition) is 6. The van der Waals surface area contributed by atoms with Gasteiger partial charge >= 0.3 is 0 Å². The van der Waals surface area contributed by atoms with Crippen LogP contribution in [-0.4, -0.2) is 40.5 Å². The fraction of sp³-hybridized carbons (Fsp3) is 0.267. The van der Waals surface area contributed by atoms with E-state index in [2.05, 4.69) is 25.5 Å². The SMILES string of the molecule is COCCOc1ccc2c(Nc3cc(C)[nH]n3)ncnc2c1. The van der Waals surface area contributed by atoms with Crippen molar-refractivity contribution in [1.82, 2.24) is 20.2 Å². The number of nitrogens with zero attached hydrogens (tertiary/aromatic N) is 3. The largest absolute Gasteiger partial charge is 0.491 e. The Hall–Kier alpha value is -2.67. The van der Waals surface area contributed by atoms with Crippen LogP contribution in [0.3, 0.4) is 0 Å². The molecule has 0 unspecified atom stereocenters. The molecule has 0 saturated heterocycles. The number of ether oxygens (including phenoxy) is 2. The molecule has 1 aromatic carbocycles. The lowest BCUT2D eigenvalue weighted by molar-refractivity contribution is 0.146. The Bertz CT molecular complexity index is 771. The highest BCUT2D eigenvalue weighted by atomic mass is 16.5. The molecule has 3 aromatic rings. The first-order chi connectivity index (χ1) is 10.8. The normalized spacial score (nSPS) is 10.8. The van der Waals surface area contributed by atoms with E-state index in [0.717, 1.165) is 28.2 Å². The molecule has 0 aliphatic rings. The third-order valence-electron chi connectivity index (χ3n) is 3.12. The van der Waals surface area contributed by atoms with E-state index in [9.17, 15) is 0 Å². The average molecular weight is 299 g/mol. The molecule has 0 aliphatic carbocycles. The van der Waals surface area contributed by atoms with Crippen molar-refractivity contribution in [2.75, 3.05) is 25.6 Å². The molecule has 7 nitrogen and oxygen atoms in total. The van der Waals surface area contributed by atoms with Gasteiger partial charge < -0.3 is 14.8 Å². The van der Waals surface area contributed by atoms with Crippen molar-refractivity contribution < 1.29 is 9.47 Å². The van der Waals surface area contributed by atoms with Crippen molar-refractivity contribution in [1.29, 1.82) is 0 Å². The van der Waals surface area contributed by atoms with Gasteiger partial charge in [-0.05, 0) is 19.1 Å². The summed E-state index contributed by atoms with van der Waals surface area (Å²) in [5.41, 5.74) is 1.79. The van der Waals surface area contributed by atoms with Crippen molar-refractivity contribution >= 4 is 22.5 Å². The molecule has 3 rings (SSSR count). The highest BCUT2D eigenvalue weighted by Crippen LogP contribution is 2.25. The molecule has 2 N–H and O–H groups in total. The molecule has 7 heteroatoms. The van der Waals surface area contributed by atoms with Gasteiger partial charge in [-0.25, -0.2) is 9.97 Å². The molecular weight excluding hydrogens is 282 g/mol. The average Bonchev–Trinajstić information content (AvgIpc) is 2.93. The number of hydrogen-bond donors (Lipinski definition) is 2. The van der Waals surface area contributed by atoms with Gasteiger partial charge in [0.25, 0.3) is 0 Å². The second-order valence-electron chi connectivity index (χ2n) is 4.80. The third kappa shape index (κ3) is 3.15. The first kappa shape index (κ1) is 14.3. The predicted octanol–water partition coefficient (Wildman–Crippen LogP) is 2.43. The topological polar surface area (TPSA) is 85.0 Å². The molecule has 0 spiro atoms. The monoisotopic (exact) mass is 299 g/mol. The van der Waals surface area contributed by atoms with Gasteiger partial charge in [-0.3, -0.25) is 5.10 Å². The van der Waals surface area contributed by atoms with Gasteiger partial charge in [-0.1, -0.05) is 0 Å². The molecule has 0 aliphatic heterocycles. The third-order valence-corrected chi connectivity index (χ3v) is 3.12. The molecule has 0 radical (unpaired) electrons. The molecule has 2 heterocycles. The number of H-pyrrole nitrogens is 1. The quantitative estimate of drug-likeness (QED) is 0.680. The van der Waals surface area contributed by atoms with E-state index in [0.29, 0.717) is 19.0 Å².